The highest BCUT2D eigenvalue weighted by atomic mass is 16.5. The van der Waals surface area contributed by atoms with Crippen LogP contribution in [0.1, 0.15) is 19.0 Å². The number of para-hydroxylation sites is 1. The first-order chi connectivity index (χ1) is 9.64. The zero-order valence-corrected chi connectivity index (χ0v) is 11.3. The standard InChI is InChI=1S/C14H18N2O4/c1-2-14(8-17,9-18)15-13(19)7-11-10-5-3-4-6-12(10)20-16-11/h3-6,17-18H,2,7-9H2,1H3,(H,15,19). The molecule has 1 amide bonds. The molecule has 6 heteroatoms. The fourth-order valence-corrected chi connectivity index (χ4v) is 2.00. The second-order valence-corrected chi connectivity index (χ2v) is 4.80. The van der Waals surface area contributed by atoms with Crippen molar-refractivity contribution in [1.82, 2.24) is 10.5 Å². The van der Waals surface area contributed by atoms with E-state index >= 15 is 0 Å². The van der Waals surface area contributed by atoms with Gasteiger partial charge in [-0.2, -0.15) is 0 Å². The van der Waals surface area contributed by atoms with Crippen LogP contribution in [0.5, 0.6) is 0 Å². The summed E-state index contributed by atoms with van der Waals surface area (Å²) in [4.78, 5) is 12.0. The second-order valence-electron chi connectivity index (χ2n) is 4.80. The Kier molecular flexibility index (Phi) is 4.36. The van der Waals surface area contributed by atoms with Gasteiger partial charge in [0, 0.05) is 5.39 Å². The molecule has 0 bridgehead atoms. The molecule has 1 aromatic carbocycles. The average molecular weight is 278 g/mol. The van der Waals surface area contributed by atoms with E-state index < -0.39 is 5.54 Å². The molecule has 0 atom stereocenters. The van der Waals surface area contributed by atoms with E-state index in [2.05, 4.69) is 10.5 Å². The highest BCUT2D eigenvalue weighted by Gasteiger charge is 2.28. The van der Waals surface area contributed by atoms with Crippen LogP contribution in [0.4, 0.5) is 0 Å². The van der Waals surface area contributed by atoms with E-state index in [0.717, 1.165) is 5.39 Å². The lowest BCUT2D eigenvalue weighted by atomic mass is 9.98. The zero-order valence-electron chi connectivity index (χ0n) is 11.3. The number of fused-ring (bicyclic) bond motifs is 1. The Morgan fingerprint density at radius 1 is 1.35 bits per heavy atom. The fraction of sp³-hybridized carbons (Fsp3) is 0.429. The van der Waals surface area contributed by atoms with Gasteiger partial charge in [0.15, 0.2) is 5.58 Å². The minimum atomic E-state index is -0.989. The van der Waals surface area contributed by atoms with E-state index in [1.807, 2.05) is 18.2 Å². The smallest absolute Gasteiger partial charge is 0.226 e. The van der Waals surface area contributed by atoms with E-state index in [-0.39, 0.29) is 25.5 Å². The number of rotatable bonds is 6. The quantitative estimate of drug-likeness (QED) is 0.720. The Balaban J connectivity index is 2.12. The van der Waals surface area contributed by atoms with E-state index in [1.54, 1.807) is 13.0 Å². The number of nitrogens with zero attached hydrogens (tertiary/aromatic N) is 1. The van der Waals surface area contributed by atoms with Gasteiger partial charge in [-0.05, 0) is 18.6 Å². The summed E-state index contributed by atoms with van der Waals surface area (Å²) in [6, 6.07) is 7.29. The number of aromatic nitrogens is 1. The number of aliphatic hydroxyl groups excluding tert-OH is 2. The molecule has 6 nitrogen and oxygen atoms in total. The third-order valence-electron chi connectivity index (χ3n) is 3.47. The van der Waals surface area contributed by atoms with Crippen molar-refractivity contribution < 1.29 is 19.5 Å². The number of hydrogen-bond donors (Lipinski definition) is 3. The number of carbonyl (C=O) groups is 1. The maximum atomic E-state index is 12.0. The summed E-state index contributed by atoms with van der Waals surface area (Å²) in [6.07, 6.45) is 0.476. The van der Waals surface area contributed by atoms with Gasteiger partial charge in [-0.15, -0.1) is 0 Å². The van der Waals surface area contributed by atoms with Gasteiger partial charge in [0.05, 0.1) is 25.2 Å². The molecule has 0 fully saturated rings. The van der Waals surface area contributed by atoms with Crippen molar-refractivity contribution >= 4 is 16.9 Å². The third kappa shape index (κ3) is 2.81. The van der Waals surface area contributed by atoms with Crippen molar-refractivity contribution in [1.29, 1.82) is 0 Å². The number of nitrogens with one attached hydrogen (secondary N) is 1. The molecule has 108 valence electrons. The summed E-state index contributed by atoms with van der Waals surface area (Å²) < 4.78 is 5.13. The Morgan fingerprint density at radius 2 is 2.05 bits per heavy atom. The van der Waals surface area contributed by atoms with E-state index in [0.29, 0.717) is 17.7 Å². The maximum absolute atomic E-state index is 12.0. The first-order valence-electron chi connectivity index (χ1n) is 6.50. The Hall–Kier alpha value is -1.92. The highest BCUT2D eigenvalue weighted by molar-refractivity contribution is 5.86. The number of carbonyl (C=O) groups excluding carboxylic acids is 1. The second kappa shape index (κ2) is 6.02. The Labute approximate surface area is 116 Å². The minimum absolute atomic E-state index is 0.0404. The van der Waals surface area contributed by atoms with Crippen LogP contribution in [0.25, 0.3) is 11.0 Å². The van der Waals surface area contributed by atoms with Crippen molar-refractivity contribution in [3.05, 3.63) is 30.0 Å². The van der Waals surface area contributed by atoms with E-state index in [1.165, 1.54) is 0 Å². The molecule has 0 saturated heterocycles. The predicted octanol–water partition coefficient (Wildman–Crippen LogP) is 0.620. The van der Waals surface area contributed by atoms with Gasteiger partial charge in [-0.3, -0.25) is 4.79 Å². The molecule has 0 spiro atoms. The molecule has 0 aliphatic carbocycles. The number of benzene rings is 1. The molecule has 0 saturated carbocycles. The molecule has 3 N–H and O–H groups in total. The molecule has 1 heterocycles. The van der Waals surface area contributed by atoms with Crippen molar-refractivity contribution in [3.63, 3.8) is 0 Å². The molecule has 0 radical (unpaired) electrons. The monoisotopic (exact) mass is 278 g/mol. The van der Waals surface area contributed by atoms with Gasteiger partial charge in [0.25, 0.3) is 0 Å². The van der Waals surface area contributed by atoms with Crippen molar-refractivity contribution in [2.75, 3.05) is 13.2 Å². The van der Waals surface area contributed by atoms with Crippen LogP contribution in [0.2, 0.25) is 0 Å². The maximum Gasteiger partial charge on any atom is 0.226 e. The van der Waals surface area contributed by atoms with Crippen LogP contribution < -0.4 is 5.32 Å². The normalized spacial score (nSPS) is 11.8. The van der Waals surface area contributed by atoms with Crippen LogP contribution in [0.15, 0.2) is 28.8 Å². The molecule has 0 aliphatic rings. The molecular weight excluding hydrogens is 260 g/mol. The van der Waals surface area contributed by atoms with Gasteiger partial charge in [-0.25, -0.2) is 0 Å². The first kappa shape index (κ1) is 14.5. The van der Waals surface area contributed by atoms with Crippen molar-refractivity contribution in [2.24, 2.45) is 0 Å². The lowest BCUT2D eigenvalue weighted by Gasteiger charge is -2.29. The molecule has 20 heavy (non-hydrogen) atoms. The summed E-state index contributed by atoms with van der Waals surface area (Å²) in [5, 5.41) is 26.0. The molecular formula is C14H18N2O4. The van der Waals surface area contributed by atoms with Crippen LogP contribution in [0.3, 0.4) is 0 Å². The number of hydrogen-bond acceptors (Lipinski definition) is 5. The number of amides is 1. The summed E-state index contributed by atoms with van der Waals surface area (Å²) in [5.41, 5.74) is 0.178. The molecule has 2 aromatic rings. The molecule has 1 aromatic heterocycles. The summed E-state index contributed by atoms with van der Waals surface area (Å²) in [7, 11) is 0. The zero-order chi connectivity index (χ0) is 14.6. The Bertz CT molecular complexity index is 581. The first-order valence-corrected chi connectivity index (χ1v) is 6.50. The topological polar surface area (TPSA) is 95.6 Å². The average Bonchev–Trinajstić information content (AvgIpc) is 2.88. The summed E-state index contributed by atoms with van der Waals surface area (Å²) in [6.45, 7) is 1.16. The third-order valence-corrected chi connectivity index (χ3v) is 3.47. The van der Waals surface area contributed by atoms with Gasteiger partial charge in [0.2, 0.25) is 5.91 Å². The summed E-state index contributed by atoms with van der Waals surface area (Å²) >= 11 is 0. The van der Waals surface area contributed by atoms with Crippen molar-refractivity contribution in [3.8, 4) is 0 Å². The lowest BCUT2D eigenvalue weighted by Crippen LogP contribution is -2.54. The molecule has 0 unspecified atom stereocenters. The van der Waals surface area contributed by atoms with E-state index in [9.17, 15) is 15.0 Å². The van der Waals surface area contributed by atoms with Gasteiger partial charge >= 0.3 is 0 Å². The van der Waals surface area contributed by atoms with Crippen molar-refractivity contribution in [2.45, 2.75) is 25.3 Å². The van der Waals surface area contributed by atoms with E-state index in [4.69, 9.17) is 4.52 Å². The molecule has 2 rings (SSSR count). The van der Waals surface area contributed by atoms with Gasteiger partial charge in [-0.1, -0.05) is 24.2 Å². The largest absolute Gasteiger partial charge is 0.394 e. The molecule has 0 aliphatic heterocycles. The van der Waals surface area contributed by atoms with Gasteiger partial charge < -0.3 is 20.1 Å². The lowest BCUT2D eigenvalue weighted by molar-refractivity contribution is -0.123. The van der Waals surface area contributed by atoms with Crippen LogP contribution in [-0.4, -0.2) is 40.0 Å². The highest BCUT2D eigenvalue weighted by Crippen LogP contribution is 2.18. The Morgan fingerprint density at radius 3 is 2.70 bits per heavy atom. The SMILES string of the molecule is CCC(CO)(CO)NC(=O)Cc1noc2ccccc12. The fourth-order valence-electron chi connectivity index (χ4n) is 2.00. The van der Waals surface area contributed by atoms with Crippen LogP contribution in [-0.2, 0) is 11.2 Å². The number of aliphatic hydroxyl groups is 2. The summed E-state index contributed by atoms with van der Waals surface area (Å²) in [5.74, 6) is -0.311. The van der Waals surface area contributed by atoms with Crippen LogP contribution in [0, 0.1) is 0 Å². The minimum Gasteiger partial charge on any atom is -0.394 e. The van der Waals surface area contributed by atoms with Gasteiger partial charge in [0.1, 0.15) is 5.69 Å². The predicted molar refractivity (Wildman–Crippen MR) is 73.0 cm³/mol. The van der Waals surface area contributed by atoms with Crippen LogP contribution >= 0.6 is 0 Å².